The number of nitrogens with zero attached hydrogens (tertiary/aromatic N) is 1. The van der Waals surface area contributed by atoms with E-state index in [9.17, 15) is 4.79 Å². The monoisotopic (exact) mass is 233 g/mol. The molecule has 3 heteroatoms. The lowest BCUT2D eigenvalue weighted by atomic mass is 10.0. The number of carbonyl (C=O) groups is 1. The molecule has 0 saturated carbocycles. The number of aromatic nitrogens is 1. The fraction of sp³-hybridized carbons (Fsp3) is 0.231. The van der Waals surface area contributed by atoms with E-state index in [0.717, 1.165) is 22.2 Å². The molecular weight excluding hydrogens is 222 g/mol. The summed E-state index contributed by atoms with van der Waals surface area (Å²) in [6, 6.07) is 7.69. The predicted molar refractivity (Wildman–Crippen MR) is 65.9 cm³/mol. The Morgan fingerprint density at radius 3 is 2.75 bits per heavy atom. The lowest BCUT2D eigenvalue weighted by molar-refractivity contribution is -0.116. The molecule has 1 heterocycles. The quantitative estimate of drug-likeness (QED) is 0.797. The molecule has 0 aliphatic rings. The molecule has 0 N–H and O–H groups in total. The topological polar surface area (TPSA) is 30.0 Å². The Morgan fingerprint density at radius 2 is 2.06 bits per heavy atom. The highest BCUT2D eigenvalue weighted by atomic mass is 35.5. The van der Waals surface area contributed by atoms with E-state index in [1.165, 1.54) is 0 Å². The van der Waals surface area contributed by atoms with Crippen molar-refractivity contribution in [3.05, 3.63) is 40.5 Å². The van der Waals surface area contributed by atoms with Crippen LogP contribution < -0.4 is 0 Å². The average Bonchev–Trinajstić information content (AvgIpc) is 2.24. The number of ketones is 1. The third-order valence-electron chi connectivity index (χ3n) is 2.56. The highest BCUT2D eigenvalue weighted by Gasteiger charge is 2.11. The lowest BCUT2D eigenvalue weighted by Crippen LogP contribution is -2.02. The Labute approximate surface area is 99.3 Å². The molecule has 0 atom stereocenters. The number of Topliss-reactive ketones (excluding diaryl/α,β-unsaturated/α-hetero) is 1. The summed E-state index contributed by atoms with van der Waals surface area (Å²) < 4.78 is 0. The van der Waals surface area contributed by atoms with Gasteiger partial charge in [-0.25, -0.2) is 0 Å². The zero-order valence-electron chi connectivity index (χ0n) is 9.25. The molecule has 2 rings (SSSR count). The predicted octanol–water partition coefficient (Wildman–Crippen LogP) is 3.33. The minimum Gasteiger partial charge on any atom is -0.300 e. The maximum atomic E-state index is 11.2. The summed E-state index contributed by atoms with van der Waals surface area (Å²) in [4.78, 5) is 15.6. The molecule has 16 heavy (non-hydrogen) atoms. The molecule has 0 saturated heterocycles. The van der Waals surface area contributed by atoms with Crippen LogP contribution in [0.2, 0.25) is 5.02 Å². The highest BCUT2D eigenvalue weighted by Crippen LogP contribution is 2.28. The zero-order valence-corrected chi connectivity index (χ0v) is 10.0. The van der Waals surface area contributed by atoms with Crippen molar-refractivity contribution < 1.29 is 4.79 Å². The highest BCUT2D eigenvalue weighted by molar-refractivity contribution is 6.36. The van der Waals surface area contributed by atoms with Crippen LogP contribution in [0.5, 0.6) is 0 Å². The van der Waals surface area contributed by atoms with Gasteiger partial charge in [0.25, 0.3) is 0 Å². The van der Waals surface area contributed by atoms with E-state index in [2.05, 4.69) is 4.98 Å². The standard InChI is InChI=1S/C13H12ClNO/c1-8(16)7-11-9(2)15-12-6-4-3-5-10(12)13(11)14/h3-6H,7H2,1-2H3. The van der Waals surface area contributed by atoms with Gasteiger partial charge in [-0.2, -0.15) is 0 Å². The first-order valence-electron chi connectivity index (χ1n) is 5.12. The number of hydrogen-bond donors (Lipinski definition) is 0. The number of rotatable bonds is 2. The summed E-state index contributed by atoms with van der Waals surface area (Å²) in [7, 11) is 0. The van der Waals surface area contributed by atoms with Crippen molar-refractivity contribution >= 4 is 28.3 Å². The van der Waals surface area contributed by atoms with Crippen molar-refractivity contribution in [2.24, 2.45) is 0 Å². The van der Waals surface area contributed by atoms with Crippen molar-refractivity contribution in [1.29, 1.82) is 0 Å². The van der Waals surface area contributed by atoms with Gasteiger partial charge in [0.15, 0.2) is 0 Å². The Morgan fingerprint density at radius 1 is 1.38 bits per heavy atom. The lowest BCUT2D eigenvalue weighted by Gasteiger charge is -2.09. The van der Waals surface area contributed by atoms with Gasteiger partial charge < -0.3 is 0 Å². The van der Waals surface area contributed by atoms with Crippen LogP contribution in [0.1, 0.15) is 18.2 Å². The van der Waals surface area contributed by atoms with E-state index in [4.69, 9.17) is 11.6 Å². The molecule has 1 aromatic heterocycles. The fourth-order valence-electron chi connectivity index (χ4n) is 1.78. The summed E-state index contributed by atoms with van der Waals surface area (Å²) in [6.45, 7) is 3.45. The Bertz CT molecular complexity index is 563. The number of hydrogen-bond acceptors (Lipinski definition) is 2. The number of carbonyl (C=O) groups excluding carboxylic acids is 1. The molecule has 0 amide bonds. The van der Waals surface area contributed by atoms with Crippen LogP contribution in [0.25, 0.3) is 10.9 Å². The van der Waals surface area contributed by atoms with Gasteiger partial charge >= 0.3 is 0 Å². The second kappa shape index (κ2) is 4.22. The molecule has 0 aliphatic carbocycles. The van der Waals surface area contributed by atoms with Gasteiger partial charge in [-0.05, 0) is 25.5 Å². The van der Waals surface area contributed by atoms with Crippen LogP contribution in [0.3, 0.4) is 0 Å². The molecule has 0 unspecified atom stereocenters. The SMILES string of the molecule is CC(=O)Cc1c(C)nc2ccccc2c1Cl. The van der Waals surface area contributed by atoms with E-state index in [1.54, 1.807) is 6.92 Å². The summed E-state index contributed by atoms with van der Waals surface area (Å²) in [5, 5.41) is 1.56. The van der Waals surface area contributed by atoms with Gasteiger partial charge in [0.2, 0.25) is 0 Å². The molecule has 1 aromatic carbocycles. The maximum Gasteiger partial charge on any atom is 0.134 e. The van der Waals surface area contributed by atoms with Crippen molar-refractivity contribution in [3.63, 3.8) is 0 Å². The number of benzene rings is 1. The molecule has 0 aliphatic heterocycles. The molecular formula is C13H12ClNO. The van der Waals surface area contributed by atoms with Gasteiger partial charge in [0.1, 0.15) is 5.78 Å². The average molecular weight is 234 g/mol. The molecule has 2 aromatic rings. The maximum absolute atomic E-state index is 11.2. The number of fused-ring (bicyclic) bond motifs is 1. The van der Waals surface area contributed by atoms with E-state index >= 15 is 0 Å². The first kappa shape index (κ1) is 11.1. The Balaban J connectivity index is 2.70. The molecule has 0 spiro atoms. The first-order chi connectivity index (χ1) is 7.59. The molecule has 2 nitrogen and oxygen atoms in total. The van der Waals surface area contributed by atoms with Gasteiger partial charge in [-0.1, -0.05) is 29.8 Å². The van der Waals surface area contributed by atoms with Crippen molar-refractivity contribution in [1.82, 2.24) is 4.98 Å². The van der Waals surface area contributed by atoms with Gasteiger partial charge in [0.05, 0.1) is 10.5 Å². The van der Waals surface area contributed by atoms with E-state index in [0.29, 0.717) is 11.4 Å². The summed E-state index contributed by atoms with van der Waals surface area (Å²) in [5.74, 6) is 0.0991. The summed E-state index contributed by atoms with van der Waals surface area (Å²) >= 11 is 6.30. The normalized spacial score (nSPS) is 10.7. The van der Waals surface area contributed by atoms with Gasteiger partial charge in [-0.3, -0.25) is 9.78 Å². The molecule has 0 bridgehead atoms. The third kappa shape index (κ3) is 1.93. The van der Waals surface area contributed by atoms with Crippen molar-refractivity contribution in [2.45, 2.75) is 20.3 Å². The number of halogens is 1. The van der Waals surface area contributed by atoms with Gasteiger partial charge in [-0.15, -0.1) is 0 Å². The number of para-hydroxylation sites is 1. The number of aryl methyl sites for hydroxylation is 1. The zero-order chi connectivity index (χ0) is 11.7. The van der Waals surface area contributed by atoms with Gasteiger partial charge in [0, 0.05) is 17.5 Å². The van der Waals surface area contributed by atoms with Crippen LogP contribution >= 0.6 is 11.6 Å². The van der Waals surface area contributed by atoms with Crippen molar-refractivity contribution in [3.8, 4) is 0 Å². The number of pyridine rings is 1. The van der Waals surface area contributed by atoms with Crippen molar-refractivity contribution in [2.75, 3.05) is 0 Å². The van der Waals surface area contributed by atoms with E-state index < -0.39 is 0 Å². The third-order valence-corrected chi connectivity index (χ3v) is 2.99. The van der Waals surface area contributed by atoms with Crippen LogP contribution in [0.15, 0.2) is 24.3 Å². The molecule has 0 radical (unpaired) electrons. The Kier molecular flexibility index (Phi) is 2.92. The summed E-state index contributed by atoms with van der Waals surface area (Å²) in [5.41, 5.74) is 2.55. The minimum atomic E-state index is 0.0991. The smallest absolute Gasteiger partial charge is 0.134 e. The van der Waals surface area contributed by atoms with Crippen LogP contribution in [-0.2, 0) is 11.2 Å². The summed E-state index contributed by atoms with van der Waals surface area (Å²) in [6.07, 6.45) is 0.350. The van der Waals surface area contributed by atoms with E-state index in [-0.39, 0.29) is 5.78 Å². The van der Waals surface area contributed by atoms with Crippen LogP contribution in [0, 0.1) is 6.92 Å². The van der Waals surface area contributed by atoms with Crippen LogP contribution in [-0.4, -0.2) is 10.8 Å². The van der Waals surface area contributed by atoms with E-state index in [1.807, 2.05) is 31.2 Å². The largest absolute Gasteiger partial charge is 0.300 e. The Hall–Kier alpha value is -1.41. The first-order valence-corrected chi connectivity index (χ1v) is 5.50. The minimum absolute atomic E-state index is 0.0991. The molecule has 82 valence electrons. The second-order valence-electron chi connectivity index (χ2n) is 3.89. The fourth-order valence-corrected chi connectivity index (χ4v) is 2.14. The van der Waals surface area contributed by atoms with Crippen LogP contribution in [0.4, 0.5) is 0 Å². The second-order valence-corrected chi connectivity index (χ2v) is 4.26. The molecule has 0 fully saturated rings.